The highest BCUT2D eigenvalue weighted by Crippen LogP contribution is 2.48. The molecule has 2 aromatic heterocycles. The van der Waals surface area contributed by atoms with E-state index in [1.807, 2.05) is 27.8 Å². The van der Waals surface area contributed by atoms with Crippen molar-refractivity contribution in [2.75, 3.05) is 14.2 Å². The number of fused-ring (bicyclic) bond motifs is 3. The lowest BCUT2D eigenvalue weighted by Crippen LogP contribution is -2.43. The van der Waals surface area contributed by atoms with Gasteiger partial charge in [-0.05, 0) is 77.2 Å². The second-order valence-electron chi connectivity index (χ2n) is 10.3. The zero-order valence-corrected chi connectivity index (χ0v) is 21.5. The molecule has 0 spiro atoms. The molecular formula is C25H34N4O4S. The molecule has 34 heavy (non-hydrogen) atoms. The Kier molecular flexibility index (Phi) is 7.29. The van der Waals surface area contributed by atoms with Crippen molar-refractivity contribution >= 4 is 27.6 Å². The normalized spacial score (nSPS) is 23.2. The highest BCUT2D eigenvalue weighted by molar-refractivity contribution is 7.19. The van der Waals surface area contributed by atoms with Gasteiger partial charge in [0.1, 0.15) is 29.0 Å². The molecule has 4 rings (SSSR count). The summed E-state index contributed by atoms with van der Waals surface area (Å²) in [4.78, 5) is 25.5. The molecule has 2 aromatic rings. The van der Waals surface area contributed by atoms with E-state index in [2.05, 4.69) is 16.0 Å². The molecule has 2 unspecified atom stereocenters. The summed E-state index contributed by atoms with van der Waals surface area (Å²) >= 11 is 1.71. The van der Waals surface area contributed by atoms with Crippen LogP contribution in [0.3, 0.4) is 0 Å². The maximum absolute atomic E-state index is 12.4. The van der Waals surface area contributed by atoms with E-state index < -0.39 is 11.7 Å². The summed E-state index contributed by atoms with van der Waals surface area (Å²) in [6, 6.07) is 2.39. The van der Waals surface area contributed by atoms with E-state index in [0.29, 0.717) is 12.3 Å². The Morgan fingerprint density at radius 2 is 2.00 bits per heavy atom. The fourth-order valence-corrected chi connectivity index (χ4v) is 6.25. The van der Waals surface area contributed by atoms with Gasteiger partial charge >= 0.3 is 6.09 Å². The van der Waals surface area contributed by atoms with Crippen molar-refractivity contribution in [1.82, 2.24) is 14.9 Å². The number of carbonyl (C=O) groups excluding carboxylic acids is 1. The quantitative estimate of drug-likeness (QED) is 0.553. The summed E-state index contributed by atoms with van der Waals surface area (Å²) < 4.78 is 17.3. The van der Waals surface area contributed by atoms with Gasteiger partial charge in [0, 0.05) is 25.1 Å². The number of ether oxygens (including phenoxy) is 3. The van der Waals surface area contributed by atoms with Gasteiger partial charge in [-0.1, -0.05) is 0 Å². The zero-order chi connectivity index (χ0) is 24.5. The predicted molar refractivity (Wildman–Crippen MR) is 130 cm³/mol. The first-order chi connectivity index (χ1) is 16.2. The Labute approximate surface area is 205 Å². The Morgan fingerprint density at radius 1 is 1.26 bits per heavy atom. The van der Waals surface area contributed by atoms with Crippen LogP contribution in [0, 0.1) is 11.3 Å². The van der Waals surface area contributed by atoms with Crippen LogP contribution in [-0.4, -0.2) is 59.0 Å². The summed E-state index contributed by atoms with van der Waals surface area (Å²) in [5, 5.41) is 10.4. The van der Waals surface area contributed by atoms with Crippen LogP contribution >= 0.6 is 11.3 Å². The number of carbonyl (C=O) groups is 1. The van der Waals surface area contributed by atoms with E-state index in [0.717, 1.165) is 48.7 Å². The van der Waals surface area contributed by atoms with Gasteiger partial charge in [0.2, 0.25) is 5.88 Å². The molecule has 8 nitrogen and oxygen atoms in total. The van der Waals surface area contributed by atoms with Crippen LogP contribution in [-0.2, 0) is 15.9 Å². The third kappa shape index (κ3) is 5.28. The molecule has 0 aromatic carbocycles. The average molecular weight is 487 g/mol. The summed E-state index contributed by atoms with van der Waals surface area (Å²) in [6.07, 6.45) is 7.00. The summed E-state index contributed by atoms with van der Waals surface area (Å²) in [6.45, 7) is 5.65. The lowest BCUT2D eigenvalue weighted by molar-refractivity contribution is 0.0137. The summed E-state index contributed by atoms with van der Waals surface area (Å²) in [7, 11) is 3.40. The molecule has 1 fully saturated rings. The second-order valence-corrected chi connectivity index (χ2v) is 11.3. The van der Waals surface area contributed by atoms with Gasteiger partial charge in [0.25, 0.3) is 0 Å². The van der Waals surface area contributed by atoms with Crippen LogP contribution in [0.1, 0.15) is 75.7 Å². The monoisotopic (exact) mass is 486 g/mol. The van der Waals surface area contributed by atoms with Crippen LogP contribution in [0.2, 0.25) is 0 Å². The first-order valence-corrected chi connectivity index (χ1v) is 12.8. The molecule has 2 heterocycles. The number of thiophene rings is 1. The first kappa shape index (κ1) is 24.7. The molecule has 0 aliphatic heterocycles. The minimum Gasteiger partial charge on any atom is -0.474 e. The zero-order valence-electron chi connectivity index (χ0n) is 20.7. The largest absolute Gasteiger partial charge is 0.474 e. The Balaban J connectivity index is 1.45. The van der Waals surface area contributed by atoms with E-state index in [-0.39, 0.29) is 24.2 Å². The van der Waals surface area contributed by atoms with Gasteiger partial charge in [0.15, 0.2) is 0 Å². The van der Waals surface area contributed by atoms with Gasteiger partial charge in [-0.3, -0.25) is 0 Å². The molecular weight excluding hydrogens is 452 g/mol. The van der Waals surface area contributed by atoms with Gasteiger partial charge < -0.3 is 19.1 Å². The number of hydrogen-bond acceptors (Lipinski definition) is 8. The van der Waals surface area contributed by atoms with Crippen LogP contribution < -0.4 is 4.74 Å². The van der Waals surface area contributed by atoms with Gasteiger partial charge in [-0.15, -0.1) is 11.3 Å². The SMILES string of the molecule is COC(C#N)CC1CCc2sc3ncnc(OC4CCC(N(C)C(=O)OC(C)(C)C)CC4)c3c21. The smallest absolute Gasteiger partial charge is 0.410 e. The van der Waals surface area contributed by atoms with Crippen LogP contribution in [0.5, 0.6) is 5.88 Å². The second kappa shape index (κ2) is 10.0. The maximum Gasteiger partial charge on any atom is 0.410 e. The lowest BCUT2D eigenvalue weighted by atomic mass is 9.92. The van der Waals surface area contributed by atoms with E-state index in [9.17, 15) is 10.1 Å². The van der Waals surface area contributed by atoms with E-state index in [1.54, 1.807) is 29.7 Å². The molecule has 1 saturated carbocycles. The summed E-state index contributed by atoms with van der Waals surface area (Å²) in [5.74, 6) is 0.893. The number of aromatic nitrogens is 2. The third-order valence-electron chi connectivity index (χ3n) is 6.77. The topological polar surface area (TPSA) is 97.6 Å². The Hall–Kier alpha value is -2.44. The molecule has 0 radical (unpaired) electrons. The highest BCUT2D eigenvalue weighted by Gasteiger charge is 2.34. The standard InChI is InChI=1S/C25H34N4O4S/c1-25(2,3)33-24(30)29(4)16-7-9-17(10-8-16)32-22-21-20-15(12-18(13-26)31-5)6-11-19(20)34-23(21)28-14-27-22/h14-18H,6-12H2,1-5H3. The molecule has 2 aliphatic carbocycles. The van der Waals surface area contributed by atoms with Crippen LogP contribution in [0.25, 0.3) is 10.2 Å². The third-order valence-corrected chi connectivity index (χ3v) is 7.95. The molecule has 1 amide bonds. The minimum absolute atomic E-state index is 0.0441. The number of rotatable bonds is 6. The lowest BCUT2D eigenvalue weighted by Gasteiger charge is -2.35. The van der Waals surface area contributed by atoms with Crippen molar-refractivity contribution in [3.05, 3.63) is 16.8 Å². The number of methoxy groups -OCH3 is 1. The number of aryl methyl sites for hydroxylation is 1. The predicted octanol–water partition coefficient (Wildman–Crippen LogP) is 5.21. The van der Waals surface area contributed by atoms with Crippen LogP contribution in [0.15, 0.2) is 6.33 Å². The van der Waals surface area contributed by atoms with E-state index >= 15 is 0 Å². The fourth-order valence-electron chi connectivity index (χ4n) is 5.02. The highest BCUT2D eigenvalue weighted by atomic mass is 32.1. The Morgan fingerprint density at radius 3 is 2.65 bits per heavy atom. The van der Waals surface area contributed by atoms with Crippen molar-refractivity contribution in [2.24, 2.45) is 0 Å². The number of hydrogen-bond donors (Lipinski definition) is 0. The van der Waals surface area contributed by atoms with Crippen molar-refractivity contribution in [1.29, 1.82) is 5.26 Å². The minimum atomic E-state index is -0.501. The van der Waals surface area contributed by atoms with Crippen LogP contribution in [0.4, 0.5) is 4.79 Å². The average Bonchev–Trinajstić information content (AvgIpc) is 3.36. The number of nitrogens with zero attached hydrogens (tertiary/aromatic N) is 4. The molecule has 2 atom stereocenters. The van der Waals surface area contributed by atoms with E-state index in [4.69, 9.17) is 14.2 Å². The number of nitriles is 1. The molecule has 0 N–H and O–H groups in total. The van der Waals surface area contributed by atoms with Crippen molar-refractivity contribution in [3.63, 3.8) is 0 Å². The molecule has 2 aliphatic rings. The molecule has 0 saturated heterocycles. The van der Waals surface area contributed by atoms with E-state index in [1.165, 1.54) is 10.4 Å². The Bertz CT molecular complexity index is 1070. The van der Waals surface area contributed by atoms with Gasteiger partial charge in [-0.25, -0.2) is 14.8 Å². The maximum atomic E-state index is 12.4. The fraction of sp³-hybridized carbons (Fsp3) is 0.680. The van der Waals surface area contributed by atoms with Crippen molar-refractivity contribution in [2.45, 2.75) is 95.5 Å². The summed E-state index contributed by atoms with van der Waals surface area (Å²) in [5.41, 5.74) is 0.741. The number of amides is 1. The van der Waals surface area contributed by atoms with Crippen molar-refractivity contribution < 1.29 is 19.0 Å². The molecule has 184 valence electrons. The van der Waals surface area contributed by atoms with Gasteiger partial charge in [-0.2, -0.15) is 5.26 Å². The van der Waals surface area contributed by atoms with Crippen molar-refractivity contribution in [3.8, 4) is 11.9 Å². The molecule has 9 heteroatoms. The first-order valence-electron chi connectivity index (χ1n) is 12.0. The molecule has 0 bridgehead atoms. The van der Waals surface area contributed by atoms with Gasteiger partial charge in [0.05, 0.1) is 11.5 Å².